The highest BCUT2D eigenvalue weighted by molar-refractivity contribution is 6.34. The first-order valence-corrected chi connectivity index (χ1v) is 9.46. The van der Waals surface area contributed by atoms with Gasteiger partial charge in [-0.15, -0.1) is 0 Å². The summed E-state index contributed by atoms with van der Waals surface area (Å²) in [4.78, 5) is 0. The fourth-order valence-corrected chi connectivity index (χ4v) is 4.69. The monoisotopic (exact) mass is 358 g/mol. The molecule has 0 aliphatic carbocycles. The Morgan fingerprint density at radius 1 is 0.357 bits per heavy atom. The van der Waals surface area contributed by atoms with E-state index in [-0.39, 0.29) is 0 Å². The van der Waals surface area contributed by atoms with Gasteiger partial charge in [0.05, 0.1) is 0 Å². The van der Waals surface area contributed by atoms with E-state index in [1.807, 2.05) is 24.3 Å². The van der Waals surface area contributed by atoms with Gasteiger partial charge >= 0.3 is 0 Å². The highest BCUT2D eigenvalue weighted by Crippen LogP contribution is 2.44. The number of hydrogen-bond donors (Lipinski definition) is 0. The highest BCUT2D eigenvalue weighted by atomic mass is 16.4. The lowest BCUT2D eigenvalue weighted by Gasteiger charge is -2.15. The molecule has 7 rings (SSSR count). The summed E-state index contributed by atoms with van der Waals surface area (Å²) in [6.45, 7) is 0. The Labute approximate surface area is 159 Å². The first kappa shape index (κ1) is 14.3. The minimum atomic E-state index is 0.818. The van der Waals surface area contributed by atoms with Crippen LogP contribution < -0.4 is 0 Å². The summed E-state index contributed by atoms with van der Waals surface area (Å²) in [6.07, 6.45) is 0. The smallest absolute Gasteiger partial charge is 0.179 e. The molecule has 0 saturated carbocycles. The van der Waals surface area contributed by atoms with Gasteiger partial charge in [0.2, 0.25) is 0 Å². The third-order valence-electron chi connectivity index (χ3n) is 5.86. The summed E-state index contributed by atoms with van der Waals surface area (Å²) >= 11 is 0. The largest absolute Gasteiger partial charge is 0.452 e. The van der Waals surface area contributed by atoms with Gasteiger partial charge in [0.1, 0.15) is 11.2 Å². The van der Waals surface area contributed by atoms with E-state index in [0.29, 0.717) is 0 Å². The minimum absolute atomic E-state index is 0.818. The van der Waals surface area contributed by atoms with Gasteiger partial charge in [-0.05, 0) is 33.7 Å². The first-order chi connectivity index (χ1) is 13.9. The van der Waals surface area contributed by atoms with Crippen LogP contribution >= 0.6 is 0 Å². The quantitative estimate of drug-likeness (QED) is 0.204. The average molecular weight is 358 g/mol. The lowest BCUT2D eigenvalue weighted by atomic mass is 9.93. The van der Waals surface area contributed by atoms with Crippen molar-refractivity contribution < 1.29 is 8.83 Å². The second-order valence-corrected chi connectivity index (χ2v) is 7.31. The fourth-order valence-electron chi connectivity index (χ4n) is 4.69. The van der Waals surface area contributed by atoms with Crippen LogP contribution in [0.15, 0.2) is 93.8 Å². The van der Waals surface area contributed by atoms with Crippen molar-refractivity contribution in [2.24, 2.45) is 0 Å². The highest BCUT2D eigenvalue weighted by Gasteiger charge is 2.19. The van der Waals surface area contributed by atoms with Gasteiger partial charge in [-0.25, -0.2) is 0 Å². The summed E-state index contributed by atoms with van der Waals surface area (Å²) in [6, 6.07) is 29.4. The molecule has 7 aromatic rings. The van der Waals surface area contributed by atoms with E-state index in [1.165, 1.54) is 21.5 Å². The van der Waals surface area contributed by atoms with E-state index in [0.717, 1.165) is 43.9 Å². The molecule has 0 aliphatic rings. The van der Waals surface area contributed by atoms with Crippen LogP contribution in [0.1, 0.15) is 0 Å². The van der Waals surface area contributed by atoms with E-state index in [2.05, 4.69) is 60.7 Å². The molecule has 0 amide bonds. The molecule has 0 N–H and O–H groups in total. The molecule has 0 atom stereocenters. The van der Waals surface area contributed by atoms with Gasteiger partial charge in [0, 0.05) is 21.5 Å². The molecular weight excluding hydrogens is 344 g/mol. The molecule has 28 heavy (non-hydrogen) atoms. The summed E-state index contributed by atoms with van der Waals surface area (Å²) in [5.74, 6) is 0. The van der Waals surface area contributed by atoms with Crippen LogP contribution in [-0.4, -0.2) is 0 Å². The van der Waals surface area contributed by atoms with Crippen molar-refractivity contribution in [3.8, 4) is 0 Å². The van der Waals surface area contributed by atoms with Crippen molar-refractivity contribution in [3.05, 3.63) is 84.9 Å². The van der Waals surface area contributed by atoms with Crippen LogP contribution in [-0.2, 0) is 0 Å². The maximum atomic E-state index is 6.46. The Kier molecular flexibility index (Phi) is 2.52. The van der Waals surface area contributed by atoms with Crippen LogP contribution in [0.5, 0.6) is 0 Å². The Morgan fingerprint density at radius 3 is 1.18 bits per heavy atom. The van der Waals surface area contributed by atoms with Gasteiger partial charge in [-0.3, -0.25) is 0 Å². The molecule has 2 nitrogen and oxygen atoms in total. The number of benzene rings is 5. The Bertz CT molecular complexity index is 1580. The minimum Gasteiger partial charge on any atom is -0.452 e. The van der Waals surface area contributed by atoms with Crippen molar-refractivity contribution in [2.45, 2.75) is 0 Å². The van der Waals surface area contributed by atoms with Crippen molar-refractivity contribution in [1.29, 1.82) is 0 Å². The maximum absolute atomic E-state index is 6.46. The van der Waals surface area contributed by atoms with E-state index in [4.69, 9.17) is 8.83 Å². The summed E-state index contributed by atoms with van der Waals surface area (Å²) in [5, 5.41) is 9.29. The van der Waals surface area contributed by atoms with E-state index in [9.17, 15) is 0 Å². The number of fused-ring (bicyclic) bond motifs is 6. The lowest BCUT2D eigenvalue weighted by Crippen LogP contribution is -1.89. The molecule has 0 spiro atoms. The van der Waals surface area contributed by atoms with Crippen LogP contribution in [0.4, 0.5) is 0 Å². The first-order valence-electron chi connectivity index (χ1n) is 9.46. The molecule has 0 radical (unpaired) electrons. The second kappa shape index (κ2) is 4.93. The zero-order valence-corrected chi connectivity index (χ0v) is 14.9. The molecule has 0 aliphatic heterocycles. The molecule has 0 fully saturated rings. The van der Waals surface area contributed by atoms with Crippen molar-refractivity contribution in [1.82, 2.24) is 0 Å². The number of hydrogen-bond acceptors (Lipinski definition) is 2. The van der Waals surface area contributed by atoms with Crippen molar-refractivity contribution in [3.63, 3.8) is 0 Å². The van der Waals surface area contributed by atoms with Gasteiger partial charge in [0.15, 0.2) is 11.2 Å². The van der Waals surface area contributed by atoms with Gasteiger partial charge in [-0.2, -0.15) is 0 Å². The lowest BCUT2D eigenvalue weighted by molar-refractivity contribution is 0.625. The van der Waals surface area contributed by atoms with Gasteiger partial charge in [-0.1, -0.05) is 72.8 Å². The molecule has 5 aromatic carbocycles. The summed E-state index contributed by atoms with van der Waals surface area (Å²) in [7, 11) is 0. The van der Waals surface area contributed by atoms with E-state index in [1.54, 1.807) is 0 Å². The standard InChI is InChI=1S/C26H14O2/c1-3-13-21-15(7-1)17-9-5-11-19-20-12-6-10-18-16-8-2-4-14-22(16)28-26(24(18)20)25(27-21)23(17)19/h1-14H. The van der Waals surface area contributed by atoms with Crippen molar-refractivity contribution in [2.75, 3.05) is 0 Å². The van der Waals surface area contributed by atoms with E-state index < -0.39 is 0 Å². The molecule has 2 aromatic heterocycles. The average Bonchev–Trinajstić information content (AvgIpc) is 2.77. The Hall–Kier alpha value is -3.78. The Balaban J connectivity index is 1.93. The summed E-state index contributed by atoms with van der Waals surface area (Å²) < 4.78 is 12.9. The predicted octanol–water partition coefficient (Wildman–Crippen LogP) is 7.79. The SMILES string of the molecule is c1ccc2c(c1)oc1c3oc4ccccc4c4cccc(c5cccc2c51)c43. The molecule has 0 unspecified atom stereocenters. The zero-order valence-electron chi connectivity index (χ0n) is 14.9. The summed E-state index contributed by atoms with van der Waals surface area (Å²) in [5.41, 5.74) is 3.38. The Morgan fingerprint density at radius 2 is 0.714 bits per heavy atom. The molecule has 0 saturated heterocycles. The normalized spacial score (nSPS) is 12.3. The zero-order chi connectivity index (χ0) is 18.2. The number of para-hydroxylation sites is 2. The second-order valence-electron chi connectivity index (χ2n) is 7.31. The molecule has 130 valence electrons. The van der Waals surface area contributed by atoms with Crippen LogP contribution in [0.25, 0.3) is 65.4 Å². The molecule has 2 heteroatoms. The van der Waals surface area contributed by atoms with Gasteiger partial charge < -0.3 is 8.83 Å². The van der Waals surface area contributed by atoms with Crippen LogP contribution in [0.3, 0.4) is 0 Å². The van der Waals surface area contributed by atoms with Crippen molar-refractivity contribution >= 4 is 65.4 Å². The van der Waals surface area contributed by atoms with E-state index >= 15 is 0 Å². The number of rotatable bonds is 0. The molecule has 2 heterocycles. The van der Waals surface area contributed by atoms with Gasteiger partial charge in [0.25, 0.3) is 0 Å². The van der Waals surface area contributed by atoms with Crippen LogP contribution in [0.2, 0.25) is 0 Å². The topological polar surface area (TPSA) is 26.3 Å². The molecular formula is C26H14O2. The predicted molar refractivity (Wildman–Crippen MR) is 116 cm³/mol. The van der Waals surface area contributed by atoms with Crippen LogP contribution in [0, 0.1) is 0 Å². The molecule has 0 bridgehead atoms. The third-order valence-corrected chi connectivity index (χ3v) is 5.86. The fraction of sp³-hybridized carbons (Fsp3) is 0. The maximum Gasteiger partial charge on any atom is 0.179 e. The third kappa shape index (κ3) is 1.64.